The van der Waals surface area contributed by atoms with E-state index in [2.05, 4.69) is 0 Å². The minimum absolute atomic E-state index is 0.0767. The van der Waals surface area contributed by atoms with E-state index in [1.54, 1.807) is 27.7 Å². The van der Waals surface area contributed by atoms with E-state index < -0.39 is 42.3 Å². The van der Waals surface area contributed by atoms with Crippen LogP contribution in [-0.2, 0) is 9.53 Å². The number of amides is 1. The number of carboxylic acid groups (broad SMARTS) is 1. The molecule has 1 heterocycles. The first-order chi connectivity index (χ1) is 10.4. The molecule has 23 heavy (non-hydrogen) atoms. The quantitative estimate of drug-likeness (QED) is 0.798. The van der Waals surface area contributed by atoms with Crippen molar-refractivity contribution in [2.24, 2.45) is 5.41 Å². The molecule has 1 amide bonds. The highest BCUT2D eigenvalue weighted by atomic mass is 19.4. The maximum Gasteiger partial charge on any atom is 0.407 e. The molecule has 1 rings (SSSR count). The Morgan fingerprint density at radius 1 is 1.17 bits per heavy atom. The van der Waals surface area contributed by atoms with Gasteiger partial charge in [0.25, 0.3) is 0 Å². The third-order valence-electron chi connectivity index (χ3n) is 3.76. The average molecular weight is 340 g/mol. The number of hydrogen-bond acceptors (Lipinski definition) is 4. The zero-order valence-electron chi connectivity index (χ0n) is 13.7. The third kappa shape index (κ3) is 4.73. The lowest BCUT2D eigenvalue weighted by atomic mass is 9.79. The van der Waals surface area contributed by atoms with Gasteiger partial charge in [0.1, 0.15) is 6.04 Å². The van der Waals surface area contributed by atoms with E-state index in [0.29, 0.717) is 0 Å². The smallest absolute Gasteiger partial charge is 0.407 e. The number of carbonyl (C=O) groups excluding carboxylic acids is 1. The number of nitrogens with zero attached hydrogens (tertiary/aromatic N) is 2. The van der Waals surface area contributed by atoms with Crippen LogP contribution in [0.3, 0.4) is 0 Å². The molecule has 1 aliphatic heterocycles. The number of esters is 1. The Bertz CT molecular complexity index is 448. The topological polar surface area (TPSA) is 70.1 Å². The first-order valence-corrected chi connectivity index (χ1v) is 7.35. The second kappa shape index (κ2) is 6.94. The maximum absolute atomic E-state index is 13.6. The lowest BCUT2D eigenvalue weighted by Gasteiger charge is -2.51. The van der Waals surface area contributed by atoms with Gasteiger partial charge in [-0.1, -0.05) is 20.8 Å². The van der Waals surface area contributed by atoms with Crippen molar-refractivity contribution in [3.63, 3.8) is 0 Å². The van der Waals surface area contributed by atoms with E-state index >= 15 is 0 Å². The molecule has 1 saturated heterocycles. The van der Waals surface area contributed by atoms with Crippen LogP contribution >= 0.6 is 0 Å². The molecule has 0 saturated carbocycles. The molecule has 0 radical (unpaired) electrons. The van der Waals surface area contributed by atoms with Crippen molar-refractivity contribution >= 4 is 12.1 Å². The minimum atomic E-state index is -4.67. The summed E-state index contributed by atoms with van der Waals surface area (Å²) in [6, 6.07) is -3.38. The first-order valence-electron chi connectivity index (χ1n) is 7.35. The Morgan fingerprint density at radius 2 is 1.74 bits per heavy atom. The molecule has 6 nitrogen and oxygen atoms in total. The summed E-state index contributed by atoms with van der Waals surface area (Å²) in [5, 5.41) is 9.26. The van der Waals surface area contributed by atoms with Crippen molar-refractivity contribution in [3.05, 3.63) is 0 Å². The summed E-state index contributed by atoms with van der Waals surface area (Å²) in [7, 11) is 0. The molecule has 0 aromatic rings. The van der Waals surface area contributed by atoms with Crippen molar-refractivity contribution in [3.8, 4) is 0 Å². The zero-order valence-corrected chi connectivity index (χ0v) is 13.7. The van der Waals surface area contributed by atoms with E-state index in [9.17, 15) is 27.9 Å². The molecule has 0 aliphatic carbocycles. The van der Waals surface area contributed by atoms with Crippen LogP contribution in [0, 0.1) is 5.41 Å². The normalized spacial score (nSPS) is 23.7. The predicted octanol–water partition coefficient (Wildman–Crippen LogP) is 2.19. The number of piperazine rings is 1. The van der Waals surface area contributed by atoms with Gasteiger partial charge in [-0.05, 0) is 12.3 Å². The van der Waals surface area contributed by atoms with Gasteiger partial charge in [-0.2, -0.15) is 13.2 Å². The van der Waals surface area contributed by atoms with Crippen LogP contribution in [0.15, 0.2) is 0 Å². The van der Waals surface area contributed by atoms with Crippen LogP contribution in [0.4, 0.5) is 18.0 Å². The summed E-state index contributed by atoms with van der Waals surface area (Å²) in [5.41, 5.74) is -0.952. The largest absolute Gasteiger partial charge is 0.465 e. The van der Waals surface area contributed by atoms with Gasteiger partial charge in [0.05, 0.1) is 19.2 Å². The molecule has 0 aromatic heterocycles. The van der Waals surface area contributed by atoms with E-state index in [1.807, 2.05) is 0 Å². The van der Waals surface area contributed by atoms with Crippen LogP contribution in [0.5, 0.6) is 0 Å². The second-order valence-corrected chi connectivity index (χ2v) is 6.55. The number of alkyl halides is 3. The summed E-state index contributed by atoms with van der Waals surface area (Å²) in [6.45, 7) is 5.52. The molecular formula is C14H23F3N2O4. The maximum atomic E-state index is 13.6. The summed E-state index contributed by atoms with van der Waals surface area (Å²) in [4.78, 5) is 24.7. The van der Waals surface area contributed by atoms with Crippen LogP contribution in [0.2, 0.25) is 0 Å². The van der Waals surface area contributed by atoms with Crippen LogP contribution in [0.1, 0.15) is 27.7 Å². The van der Waals surface area contributed by atoms with Crippen molar-refractivity contribution in [1.29, 1.82) is 0 Å². The molecule has 0 spiro atoms. The number of ether oxygens (including phenoxy) is 1. The molecule has 1 N–H and O–H groups in total. The van der Waals surface area contributed by atoms with Gasteiger partial charge >= 0.3 is 18.2 Å². The fraction of sp³-hybridized carbons (Fsp3) is 0.857. The fourth-order valence-corrected chi connectivity index (χ4v) is 2.98. The molecule has 2 atom stereocenters. The number of hydrogen-bond donors (Lipinski definition) is 1. The fourth-order valence-electron chi connectivity index (χ4n) is 2.98. The van der Waals surface area contributed by atoms with Crippen LogP contribution < -0.4 is 0 Å². The van der Waals surface area contributed by atoms with Gasteiger partial charge in [0.2, 0.25) is 0 Å². The Morgan fingerprint density at radius 3 is 2.13 bits per heavy atom. The summed E-state index contributed by atoms with van der Waals surface area (Å²) in [5.74, 6) is -0.752. The first kappa shape index (κ1) is 19.5. The van der Waals surface area contributed by atoms with Crippen molar-refractivity contribution < 1.29 is 32.6 Å². The molecule has 1 unspecified atom stereocenters. The SMILES string of the molecule is CCOC(=O)CN1CCN(C(=O)O)[C@H](C(C)(C)C)C1C(F)(F)F. The van der Waals surface area contributed by atoms with Gasteiger partial charge in [-0.15, -0.1) is 0 Å². The van der Waals surface area contributed by atoms with Crippen molar-refractivity contribution in [2.75, 3.05) is 26.2 Å². The molecule has 9 heteroatoms. The highest BCUT2D eigenvalue weighted by molar-refractivity contribution is 5.72. The predicted molar refractivity (Wildman–Crippen MR) is 76.0 cm³/mol. The van der Waals surface area contributed by atoms with Gasteiger partial charge in [-0.3, -0.25) is 9.69 Å². The number of rotatable bonds is 3. The summed E-state index contributed by atoms with van der Waals surface area (Å²) in [6.07, 6.45) is -6.06. The Labute approximate surface area is 133 Å². The van der Waals surface area contributed by atoms with Crippen molar-refractivity contribution in [2.45, 2.75) is 46.0 Å². The van der Waals surface area contributed by atoms with Gasteiger partial charge in [0.15, 0.2) is 0 Å². The van der Waals surface area contributed by atoms with Crippen molar-refractivity contribution in [1.82, 2.24) is 9.80 Å². The highest BCUT2D eigenvalue weighted by Crippen LogP contribution is 2.39. The Kier molecular flexibility index (Phi) is 5.89. The van der Waals surface area contributed by atoms with E-state index in [1.165, 1.54) is 0 Å². The van der Waals surface area contributed by atoms with Gasteiger partial charge < -0.3 is 14.7 Å². The van der Waals surface area contributed by atoms with Gasteiger partial charge in [0, 0.05) is 13.1 Å². The molecular weight excluding hydrogens is 317 g/mol. The van der Waals surface area contributed by atoms with Crippen LogP contribution in [-0.4, -0.2) is 71.5 Å². The van der Waals surface area contributed by atoms with Gasteiger partial charge in [-0.25, -0.2) is 4.79 Å². The van der Waals surface area contributed by atoms with E-state index in [4.69, 9.17) is 4.74 Å². The summed E-state index contributed by atoms with van der Waals surface area (Å²) < 4.78 is 45.6. The average Bonchev–Trinajstić information content (AvgIpc) is 2.35. The lowest BCUT2D eigenvalue weighted by Crippen LogP contribution is -2.69. The Balaban J connectivity index is 3.20. The number of carbonyl (C=O) groups is 2. The minimum Gasteiger partial charge on any atom is -0.465 e. The molecule has 134 valence electrons. The Hall–Kier alpha value is -1.51. The highest BCUT2D eigenvalue weighted by Gasteiger charge is 2.57. The lowest BCUT2D eigenvalue weighted by molar-refractivity contribution is -0.220. The monoisotopic (exact) mass is 340 g/mol. The molecule has 1 aliphatic rings. The van der Waals surface area contributed by atoms with E-state index in [-0.39, 0.29) is 19.7 Å². The second-order valence-electron chi connectivity index (χ2n) is 6.55. The van der Waals surface area contributed by atoms with E-state index in [0.717, 1.165) is 9.80 Å². The molecule has 0 bridgehead atoms. The summed E-state index contributed by atoms with van der Waals surface area (Å²) >= 11 is 0. The third-order valence-corrected chi connectivity index (χ3v) is 3.76. The zero-order chi connectivity index (χ0) is 18.0. The molecule has 1 fully saturated rings. The standard InChI is InChI=1S/C14H23F3N2O4/c1-5-23-9(20)8-18-6-7-19(12(21)22)10(13(2,3)4)11(18)14(15,16)17/h10-11H,5-8H2,1-4H3,(H,21,22)/t10-,11?/m0/s1. The number of halogens is 3. The van der Waals surface area contributed by atoms with Crippen LogP contribution in [0.25, 0.3) is 0 Å². The molecule has 0 aromatic carbocycles.